The molecular weight excluding hydrogens is 323 g/mol. The van der Waals surface area contributed by atoms with E-state index in [0.29, 0.717) is 11.3 Å². The fourth-order valence-electron chi connectivity index (χ4n) is 2.07. The third kappa shape index (κ3) is 3.38. The summed E-state index contributed by atoms with van der Waals surface area (Å²) in [5.74, 6) is 0.378. The number of aryl methyl sites for hydroxylation is 2. The van der Waals surface area contributed by atoms with Gasteiger partial charge in [0.1, 0.15) is 18.2 Å². The highest BCUT2D eigenvalue weighted by atomic mass is 79.9. The Labute approximate surface area is 126 Å². The van der Waals surface area contributed by atoms with Gasteiger partial charge in [-0.25, -0.2) is 4.39 Å². The second kappa shape index (κ2) is 6.37. The SMILES string of the molecule is Cc1ccc(F)cc1COc1c(C)cc(Br)cc1CO. The third-order valence-electron chi connectivity index (χ3n) is 3.17. The van der Waals surface area contributed by atoms with Crippen molar-refractivity contribution in [3.05, 3.63) is 62.9 Å². The maximum Gasteiger partial charge on any atom is 0.128 e. The Morgan fingerprint density at radius 2 is 1.85 bits per heavy atom. The molecule has 0 aliphatic rings. The van der Waals surface area contributed by atoms with Crippen molar-refractivity contribution in [1.29, 1.82) is 0 Å². The van der Waals surface area contributed by atoms with Gasteiger partial charge >= 0.3 is 0 Å². The van der Waals surface area contributed by atoms with E-state index >= 15 is 0 Å². The van der Waals surface area contributed by atoms with Crippen molar-refractivity contribution in [2.45, 2.75) is 27.1 Å². The molecule has 0 aromatic heterocycles. The summed E-state index contributed by atoms with van der Waals surface area (Å²) in [4.78, 5) is 0. The maximum atomic E-state index is 13.2. The summed E-state index contributed by atoms with van der Waals surface area (Å²) in [6, 6.07) is 8.38. The van der Waals surface area contributed by atoms with Crippen LogP contribution in [0.2, 0.25) is 0 Å². The van der Waals surface area contributed by atoms with E-state index in [9.17, 15) is 9.50 Å². The summed E-state index contributed by atoms with van der Waals surface area (Å²) in [5.41, 5.74) is 3.42. The monoisotopic (exact) mass is 338 g/mol. The molecule has 20 heavy (non-hydrogen) atoms. The molecule has 0 atom stereocenters. The Morgan fingerprint density at radius 1 is 1.10 bits per heavy atom. The summed E-state index contributed by atoms with van der Waals surface area (Å²) < 4.78 is 19.9. The van der Waals surface area contributed by atoms with Crippen LogP contribution in [0.3, 0.4) is 0 Å². The molecule has 0 saturated carbocycles. The van der Waals surface area contributed by atoms with Crippen molar-refractivity contribution in [3.8, 4) is 5.75 Å². The molecule has 0 aliphatic carbocycles. The topological polar surface area (TPSA) is 29.5 Å². The summed E-state index contributed by atoms with van der Waals surface area (Å²) in [6.07, 6.45) is 0. The second-order valence-corrected chi connectivity index (χ2v) is 5.64. The van der Waals surface area contributed by atoms with Gasteiger partial charge in [0.15, 0.2) is 0 Å². The quantitative estimate of drug-likeness (QED) is 0.901. The Kier molecular flexibility index (Phi) is 4.78. The summed E-state index contributed by atoms with van der Waals surface area (Å²) in [6.45, 7) is 4.01. The third-order valence-corrected chi connectivity index (χ3v) is 3.63. The number of aliphatic hydroxyl groups excluding tert-OH is 1. The number of ether oxygens (including phenoxy) is 1. The molecule has 0 bridgehead atoms. The number of rotatable bonds is 4. The molecule has 0 saturated heterocycles. The van der Waals surface area contributed by atoms with Crippen molar-refractivity contribution in [1.82, 2.24) is 0 Å². The van der Waals surface area contributed by atoms with Crippen molar-refractivity contribution in [2.24, 2.45) is 0 Å². The Balaban J connectivity index is 2.25. The van der Waals surface area contributed by atoms with Gasteiger partial charge in [0.05, 0.1) is 6.61 Å². The number of hydrogen-bond acceptors (Lipinski definition) is 2. The van der Waals surface area contributed by atoms with Crippen LogP contribution in [0.4, 0.5) is 4.39 Å². The van der Waals surface area contributed by atoms with E-state index in [4.69, 9.17) is 4.74 Å². The fourth-order valence-corrected chi connectivity index (χ4v) is 2.69. The minimum atomic E-state index is -0.274. The van der Waals surface area contributed by atoms with Gasteiger partial charge in [-0.2, -0.15) is 0 Å². The first-order chi connectivity index (χ1) is 9.51. The molecule has 106 valence electrons. The molecule has 1 N–H and O–H groups in total. The lowest BCUT2D eigenvalue weighted by molar-refractivity contribution is 0.257. The highest BCUT2D eigenvalue weighted by Crippen LogP contribution is 2.29. The van der Waals surface area contributed by atoms with Crippen LogP contribution in [0.25, 0.3) is 0 Å². The minimum absolute atomic E-state index is 0.0995. The van der Waals surface area contributed by atoms with Gasteiger partial charge in [-0.05, 0) is 54.8 Å². The highest BCUT2D eigenvalue weighted by molar-refractivity contribution is 9.10. The predicted octanol–water partition coefficient (Wildman–Crippen LogP) is 4.28. The van der Waals surface area contributed by atoms with Crippen molar-refractivity contribution in [3.63, 3.8) is 0 Å². The van der Waals surface area contributed by atoms with E-state index in [2.05, 4.69) is 15.9 Å². The van der Waals surface area contributed by atoms with Crippen LogP contribution in [-0.4, -0.2) is 5.11 Å². The number of aliphatic hydroxyl groups is 1. The first-order valence-corrected chi connectivity index (χ1v) is 7.08. The van der Waals surface area contributed by atoms with Crippen LogP contribution in [0.1, 0.15) is 22.3 Å². The van der Waals surface area contributed by atoms with Crippen LogP contribution >= 0.6 is 15.9 Å². The van der Waals surface area contributed by atoms with Gasteiger partial charge in [0.2, 0.25) is 0 Å². The lowest BCUT2D eigenvalue weighted by Gasteiger charge is -2.15. The molecule has 0 unspecified atom stereocenters. The smallest absolute Gasteiger partial charge is 0.128 e. The Morgan fingerprint density at radius 3 is 2.55 bits per heavy atom. The van der Waals surface area contributed by atoms with Crippen LogP contribution in [0.15, 0.2) is 34.8 Å². The number of benzene rings is 2. The lowest BCUT2D eigenvalue weighted by atomic mass is 10.1. The first kappa shape index (κ1) is 15.0. The van der Waals surface area contributed by atoms with Crippen LogP contribution in [0, 0.1) is 19.7 Å². The van der Waals surface area contributed by atoms with Gasteiger partial charge in [0.25, 0.3) is 0 Å². The van der Waals surface area contributed by atoms with Crippen molar-refractivity contribution in [2.75, 3.05) is 0 Å². The van der Waals surface area contributed by atoms with E-state index in [0.717, 1.165) is 21.2 Å². The van der Waals surface area contributed by atoms with E-state index in [-0.39, 0.29) is 19.0 Å². The summed E-state index contributed by atoms with van der Waals surface area (Å²) >= 11 is 3.39. The highest BCUT2D eigenvalue weighted by Gasteiger charge is 2.10. The molecule has 2 aromatic rings. The molecule has 0 radical (unpaired) electrons. The van der Waals surface area contributed by atoms with Gasteiger partial charge in [-0.3, -0.25) is 0 Å². The van der Waals surface area contributed by atoms with Crippen LogP contribution in [0.5, 0.6) is 5.75 Å². The van der Waals surface area contributed by atoms with Crippen LogP contribution < -0.4 is 4.74 Å². The zero-order chi connectivity index (χ0) is 14.7. The molecule has 0 spiro atoms. The van der Waals surface area contributed by atoms with E-state index < -0.39 is 0 Å². The van der Waals surface area contributed by atoms with Gasteiger partial charge in [-0.1, -0.05) is 22.0 Å². The molecule has 0 aliphatic heterocycles. The van der Waals surface area contributed by atoms with E-state index in [1.54, 1.807) is 6.07 Å². The van der Waals surface area contributed by atoms with Gasteiger partial charge in [0, 0.05) is 10.0 Å². The number of hydrogen-bond donors (Lipinski definition) is 1. The Bertz CT molecular complexity index is 626. The molecular formula is C16H16BrFO2. The van der Waals surface area contributed by atoms with E-state index in [1.807, 2.05) is 26.0 Å². The first-order valence-electron chi connectivity index (χ1n) is 6.29. The lowest BCUT2D eigenvalue weighted by Crippen LogP contribution is -2.03. The van der Waals surface area contributed by atoms with Gasteiger partial charge < -0.3 is 9.84 Å². The summed E-state index contributed by atoms with van der Waals surface area (Å²) in [5, 5.41) is 9.40. The summed E-state index contributed by atoms with van der Waals surface area (Å²) in [7, 11) is 0. The standard InChI is InChI=1S/C16H16BrFO2/c1-10-3-4-15(18)7-13(10)9-20-16-11(2)5-14(17)6-12(16)8-19/h3-7,19H,8-9H2,1-2H3. The minimum Gasteiger partial charge on any atom is -0.488 e. The van der Waals surface area contributed by atoms with Crippen molar-refractivity contribution < 1.29 is 14.2 Å². The Hall–Kier alpha value is -1.39. The number of halogens is 2. The molecule has 0 amide bonds. The zero-order valence-corrected chi connectivity index (χ0v) is 13.0. The molecule has 4 heteroatoms. The largest absolute Gasteiger partial charge is 0.488 e. The molecule has 0 heterocycles. The average molecular weight is 339 g/mol. The van der Waals surface area contributed by atoms with E-state index in [1.165, 1.54) is 12.1 Å². The molecule has 2 rings (SSSR count). The van der Waals surface area contributed by atoms with Gasteiger partial charge in [-0.15, -0.1) is 0 Å². The predicted molar refractivity (Wildman–Crippen MR) is 80.3 cm³/mol. The fraction of sp³-hybridized carbons (Fsp3) is 0.250. The second-order valence-electron chi connectivity index (χ2n) is 4.73. The zero-order valence-electron chi connectivity index (χ0n) is 11.4. The van der Waals surface area contributed by atoms with Crippen molar-refractivity contribution >= 4 is 15.9 Å². The molecule has 0 fully saturated rings. The molecule has 2 nitrogen and oxygen atoms in total. The normalized spacial score (nSPS) is 10.7. The van der Waals surface area contributed by atoms with Crippen LogP contribution in [-0.2, 0) is 13.2 Å². The molecule has 2 aromatic carbocycles. The average Bonchev–Trinajstić information content (AvgIpc) is 2.40. The maximum absolute atomic E-state index is 13.2.